The minimum Gasteiger partial charge on any atom is -0.306 e. The predicted molar refractivity (Wildman–Crippen MR) is 120 cm³/mol. The van der Waals surface area contributed by atoms with Crippen LogP contribution in [-0.4, -0.2) is 25.9 Å². The second-order valence-corrected chi connectivity index (χ2v) is 8.89. The molecule has 0 aliphatic carbocycles. The average Bonchev–Trinajstić information content (AvgIpc) is 2.78. The highest BCUT2D eigenvalue weighted by atomic mass is 32.2. The average molecular weight is 475 g/mol. The van der Waals surface area contributed by atoms with Crippen molar-refractivity contribution in [1.29, 1.82) is 0 Å². The van der Waals surface area contributed by atoms with Gasteiger partial charge in [0.25, 0.3) is 15.9 Å². The maximum Gasteiger partial charge on any atom is 0.416 e. The SMILES string of the molecule is C=CCN(c1cccc(C(F)(F)F)c1)S(=O)(=O)c1cccc(C(=O)Nc2ncccc2C)c1. The Morgan fingerprint density at radius 2 is 1.85 bits per heavy atom. The Morgan fingerprint density at radius 3 is 2.52 bits per heavy atom. The largest absolute Gasteiger partial charge is 0.416 e. The maximum atomic E-state index is 13.3. The number of nitrogens with one attached hydrogen (secondary N) is 1. The van der Waals surface area contributed by atoms with Crippen LogP contribution in [0.4, 0.5) is 24.7 Å². The number of carbonyl (C=O) groups is 1. The molecule has 0 unspecified atom stereocenters. The number of hydrogen-bond acceptors (Lipinski definition) is 4. The number of alkyl halides is 3. The summed E-state index contributed by atoms with van der Waals surface area (Å²) in [5.41, 5.74) is -0.396. The standard InChI is InChI=1S/C23H20F3N3O3S/c1-3-13-29(19-10-5-9-18(15-19)23(24,25)26)33(31,32)20-11-4-8-17(14-20)22(30)28-21-16(2)7-6-12-27-21/h3-12,14-15H,1,13H2,2H3,(H,27,28,30). The van der Waals surface area contributed by atoms with Crippen molar-refractivity contribution < 1.29 is 26.4 Å². The fourth-order valence-corrected chi connectivity index (χ4v) is 4.49. The van der Waals surface area contributed by atoms with Gasteiger partial charge in [-0.05, 0) is 55.0 Å². The van der Waals surface area contributed by atoms with Gasteiger partial charge in [0.15, 0.2) is 0 Å². The lowest BCUT2D eigenvalue weighted by Crippen LogP contribution is -2.31. The Labute approximate surface area is 189 Å². The Balaban J connectivity index is 1.98. The molecule has 0 aliphatic rings. The normalized spacial score (nSPS) is 11.6. The summed E-state index contributed by atoms with van der Waals surface area (Å²) >= 11 is 0. The summed E-state index contributed by atoms with van der Waals surface area (Å²) in [5.74, 6) is -0.254. The van der Waals surface area contributed by atoms with Crippen molar-refractivity contribution in [3.05, 3.63) is 96.2 Å². The third-order valence-corrected chi connectivity index (χ3v) is 6.47. The van der Waals surface area contributed by atoms with E-state index >= 15 is 0 Å². The molecule has 0 radical (unpaired) electrons. The lowest BCUT2D eigenvalue weighted by atomic mass is 10.2. The summed E-state index contributed by atoms with van der Waals surface area (Å²) in [6.07, 6.45) is -1.87. The van der Waals surface area contributed by atoms with E-state index in [0.29, 0.717) is 5.82 Å². The van der Waals surface area contributed by atoms with Crippen LogP contribution in [0.2, 0.25) is 0 Å². The topological polar surface area (TPSA) is 79.4 Å². The van der Waals surface area contributed by atoms with Crippen molar-refractivity contribution in [3.63, 3.8) is 0 Å². The molecule has 0 bridgehead atoms. The molecule has 0 atom stereocenters. The Hall–Kier alpha value is -3.66. The van der Waals surface area contributed by atoms with Crippen LogP contribution in [-0.2, 0) is 16.2 Å². The molecule has 3 rings (SSSR count). The summed E-state index contributed by atoms with van der Waals surface area (Å²) in [7, 11) is -4.32. The molecule has 2 aromatic carbocycles. The molecule has 0 spiro atoms. The predicted octanol–water partition coefficient (Wildman–Crippen LogP) is 5.04. The van der Waals surface area contributed by atoms with Gasteiger partial charge in [-0.3, -0.25) is 9.10 Å². The lowest BCUT2D eigenvalue weighted by molar-refractivity contribution is -0.137. The Bertz CT molecular complexity index is 1290. The van der Waals surface area contributed by atoms with Gasteiger partial charge < -0.3 is 5.32 Å². The number of halogens is 3. The zero-order chi connectivity index (χ0) is 24.2. The number of nitrogens with zero attached hydrogens (tertiary/aromatic N) is 2. The second kappa shape index (κ2) is 9.45. The first kappa shape index (κ1) is 24.0. The maximum absolute atomic E-state index is 13.3. The van der Waals surface area contributed by atoms with Crippen LogP contribution < -0.4 is 9.62 Å². The molecule has 10 heteroatoms. The van der Waals surface area contributed by atoms with Crippen molar-refractivity contribution in [2.45, 2.75) is 18.0 Å². The molecule has 33 heavy (non-hydrogen) atoms. The van der Waals surface area contributed by atoms with E-state index in [1.165, 1.54) is 36.5 Å². The molecular weight excluding hydrogens is 455 g/mol. The van der Waals surface area contributed by atoms with Crippen LogP contribution >= 0.6 is 0 Å². The summed E-state index contributed by atoms with van der Waals surface area (Å²) in [6, 6.07) is 12.7. The summed E-state index contributed by atoms with van der Waals surface area (Å²) in [6.45, 7) is 4.99. The quantitative estimate of drug-likeness (QED) is 0.486. The first-order valence-electron chi connectivity index (χ1n) is 9.68. The number of sulfonamides is 1. The number of hydrogen-bond donors (Lipinski definition) is 1. The zero-order valence-corrected chi connectivity index (χ0v) is 18.3. The van der Waals surface area contributed by atoms with Gasteiger partial charge in [-0.25, -0.2) is 13.4 Å². The summed E-state index contributed by atoms with van der Waals surface area (Å²) in [4.78, 5) is 16.5. The van der Waals surface area contributed by atoms with Crippen LogP contribution in [0, 0.1) is 6.92 Å². The number of carbonyl (C=O) groups excluding carboxylic acids is 1. The fraction of sp³-hybridized carbons (Fsp3) is 0.130. The van der Waals surface area contributed by atoms with Gasteiger partial charge in [0.2, 0.25) is 0 Å². The number of rotatable bonds is 7. The van der Waals surface area contributed by atoms with Gasteiger partial charge in [0.05, 0.1) is 22.7 Å². The highest BCUT2D eigenvalue weighted by Gasteiger charge is 2.32. The Morgan fingerprint density at radius 1 is 1.12 bits per heavy atom. The number of amides is 1. The second-order valence-electron chi connectivity index (χ2n) is 7.02. The molecule has 6 nitrogen and oxygen atoms in total. The van der Waals surface area contributed by atoms with Crippen LogP contribution in [0.5, 0.6) is 0 Å². The highest BCUT2D eigenvalue weighted by molar-refractivity contribution is 7.92. The van der Waals surface area contributed by atoms with Gasteiger partial charge >= 0.3 is 6.18 Å². The van der Waals surface area contributed by atoms with Crippen molar-refractivity contribution in [3.8, 4) is 0 Å². The third kappa shape index (κ3) is 5.40. The van der Waals surface area contributed by atoms with Gasteiger partial charge in [0.1, 0.15) is 5.82 Å². The summed E-state index contributed by atoms with van der Waals surface area (Å²) in [5, 5.41) is 2.62. The third-order valence-electron chi connectivity index (χ3n) is 4.68. The number of pyridine rings is 1. The first-order valence-corrected chi connectivity index (χ1v) is 11.1. The van der Waals surface area contributed by atoms with Crippen LogP contribution in [0.1, 0.15) is 21.5 Å². The van der Waals surface area contributed by atoms with Gasteiger partial charge in [-0.2, -0.15) is 13.2 Å². The zero-order valence-electron chi connectivity index (χ0n) is 17.5. The number of aryl methyl sites for hydroxylation is 1. The van der Waals surface area contributed by atoms with E-state index in [-0.39, 0.29) is 22.7 Å². The van der Waals surface area contributed by atoms with Crippen LogP contribution in [0.25, 0.3) is 0 Å². The number of anilines is 2. The lowest BCUT2D eigenvalue weighted by Gasteiger charge is -2.24. The van der Waals surface area contributed by atoms with E-state index in [9.17, 15) is 26.4 Å². The monoisotopic (exact) mass is 475 g/mol. The van der Waals surface area contributed by atoms with Crippen molar-refractivity contribution in [1.82, 2.24) is 4.98 Å². The number of benzene rings is 2. The Kier molecular flexibility index (Phi) is 6.87. The van der Waals surface area contributed by atoms with Crippen LogP contribution in [0.15, 0.2) is 84.4 Å². The van der Waals surface area contributed by atoms with E-state index < -0.39 is 27.7 Å². The molecule has 0 fully saturated rings. The molecule has 1 N–H and O–H groups in total. The fourth-order valence-electron chi connectivity index (χ4n) is 3.02. The molecule has 1 heterocycles. The van der Waals surface area contributed by atoms with Gasteiger partial charge in [-0.1, -0.05) is 24.3 Å². The molecular formula is C23H20F3N3O3S. The van der Waals surface area contributed by atoms with Gasteiger partial charge in [-0.15, -0.1) is 6.58 Å². The minimum absolute atomic E-state index is 0.0451. The molecule has 1 aromatic heterocycles. The first-order chi connectivity index (χ1) is 15.5. The molecule has 3 aromatic rings. The minimum atomic E-state index is -4.64. The van der Waals surface area contributed by atoms with E-state index in [2.05, 4.69) is 16.9 Å². The van der Waals surface area contributed by atoms with E-state index in [1.54, 1.807) is 19.1 Å². The van der Waals surface area contributed by atoms with Crippen molar-refractivity contribution >= 4 is 27.4 Å². The molecule has 0 aliphatic heterocycles. The van der Waals surface area contributed by atoms with E-state index in [4.69, 9.17) is 0 Å². The smallest absolute Gasteiger partial charge is 0.306 e. The molecule has 0 saturated heterocycles. The number of aromatic nitrogens is 1. The highest BCUT2D eigenvalue weighted by Crippen LogP contribution is 2.33. The summed E-state index contributed by atoms with van der Waals surface area (Å²) < 4.78 is 66.9. The molecule has 0 saturated carbocycles. The molecule has 172 valence electrons. The van der Waals surface area contributed by atoms with E-state index in [1.807, 2.05) is 0 Å². The van der Waals surface area contributed by atoms with E-state index in [0.717, 1.165) is 34.1 Å². The van der Waals surface area contributed by atoms with Gasteiger partial charge in [0, 0.05) is 11.8 Å². The van der Waals surface area contributed by atoms with Crippen molar-refractivity contribution in [2.24, 2.45) is 0 Å². The molecule has 1 amide bonds. The van der Waals surface area contributed by atoms with Crippen molar-refractivity contribution in [2.75, 3.05) is 16.2 Å². The van der Waals surface area contributed by atoms with Crippen LogP contribution in [0.3, 0.4) is 0 Å².